The average Bonchev–Trinajstić information content (AvgIpc) is 2.88. The SMILES string of the molecule is O=C(NC1(c2ccc(OC(F)(F)F)cc2)CCOc2cccnc21)c1cccc2cnccc12.O=CO. The number of carbonyl (C=O) groups excluding carboxylic acids is 1. The van der Waals surface area contributed by atoms with Gasteiger partial charge in [-0.2, -0.15) is 0 Å². The number of carboxylic acid groups (broad SMARTS) is 1. The predicted octanol–water partition coefficient (Wildman–Crippen LogP) is 4.69. The van der Waals surface area contributed by atoms with E-state index >= 15 is 0 Å². The second kappa shape index (κ2) is 10.5. The Bertz CT molecular complexity index is 1410. The maximum atomic E-state index is 13.6. The van der Waals surface area contributed by atoms with Crippen LogP contribution in [0.25, 0.3) is 10.8 Å². The highest BCUT2D eigenvalue weighted by Crippen LogP contribution is 2.41. The van der Waals surface area contributed by atoms with Crippen molar-refractivity contribution in [1.82, 2.24) is 15.3 Å². The fourth-order valence-corrected chi connectivity index (χ4v) is 4.26. The molecule has 1 aliphatic rings. The molecule has 4 aromatic rings. The first-order valence-electron chi connectivity index (χ1n) is 10.9. The summed E-state index contributed by atoms with van der Waals surface area (Å²) in [7, 11) is 0. The number of hydrogen-bond donors (Lipinski definition) is 2. The number of alkyl halides is 3. The van der Waals surface area contributed by atoms with Crippen LogP contribution in [0.4, 0.5) is 13.2 Å². The van der Waals surface area contributed by atoms with E-state index in [1.54, 1.807) is 48.9 Å². The molecule has 0 saturated carbocycles. The average molecular weight is 511 g/mol. The van der Waals surface area contributed by atoms with E-state index in [-0.39, 0.29) is 24.7 Å². The first kappa shape index (κ1) is 25.4. The van der Waals surface area contributed by atoms with Crippen LogP contribution in [0.5, 0.6) is 11.5 Å². The van der Waals surface area contributed by atoms with Crippen LogP contribution in [-0.4, -0.2) is 40.4 Å². The molecule has 8 nitrogen and oxygen atoms in total. The van der Waals surface area contributed by atoms with Gasteiger partial charge in [0.05, 0.1) is 6.61 Å². The molecule has 37 heavy (non-hydrogen) atoms. The minimum absolute atomic E-state index is 0.250. The smallest absolute Gasteiger partial charge is 0.491 e. The maximum absolute atomic E-state index is 13.6. The predicted molar refractivity (Wildman–Crippen MR) is 126 cm³/mol. The number of amides is 1. The lowest BCUT2D eigenvalue weighted by molar-refractivity contribution is -0.274. The van der Waals surface area contributed by atoms with Crippen LogP contribution < -0.4 is 14.8 Å². The number of nitrogens with zero attached hydrogens (tertiary/aromatic N) is 2. The zero-order valence-corrected chi connectivity index (χ0v) is 19.1. The number of fused-ring (bicyclic) bond motifs is 2. The first-order valence-corrected chi connectivity index (χ1v) is 10.9. The Labute approximate surface area is 208 Å². The Kier molecular flexibility index (Phi) is 7.23. The summed E-state index contributed by atoms with van der Waals surface area (Å²) in [5.41, 5.74) is 0.347. The van der Waals surface area contributed by atoms with Crippen molar-refractivity contribution in [2.45, 2.75) is 18.3 Å². The molecule has 11 heteroatoms. The Morgan fingerprint density at radius 1 is 1.08 bits per heavy atom. The van der Waals surface area contributed by atoms with Crippen molar-refractivity contribution in [3.05, 3.63) is 96.1 Å². The molecular formula is C26H20F3N3O5. The number of ether oxygens (including phenoxy) is 2. The van der Waals surface area contributed by atoms with Gasteiger partial charge in [-0.1, -0.05) is 24.3 Å². The van der Waals surface area contributed by atoms with E-state index in [0.717, 1.165) is 10.8 Å². The number of nitrogens with one attached hydrogen (secondary N) is 1. The summed E-state index contributed by atoms with van der Waals surface area (Å²) in [6.45, 7) is 0.0270. The van der Waals surface area contributed by atoms with Crippen LogP contribution in [0.15, 0.2) is 79.3 Å². The highest BCUT2D eigenvalue weighted by atomic mass is 19.4. The van der Waals surface area contributed by atoms with Crippen LogP contribution in [0, 0.1) is 0 Å². The van der Waals surface area contributed by atoms with Crippen LogP contribution >= 0.6 is 0 Å². The zero-order chi connectivity index (χ0) is 26.5. The van der Waals surface area contributed by atoms with E-state index in [2.05, 4.69) is 20.0 Å². The second-order valence-corrected chi connectivity index (χ2v) is 7.89. The van der Waals surface area contributed by atoms with E-state index in [1.165, 1.54) is 24.3 Å². The second-order valence-electron chi connectivity index (χ2n) is 7.89. The fraction of sp³-hybridized carbons (Fsp3) is 0.154. The fourth-order valence-electron chi connectivity index (χ4n) is 4.26. The van der Waals surface area contributed by atoms with Crippen LogP contribution in [0.1, 0.15) is 28.0 Å². The molecule has 3 heterocycles. The number of halogens is 3. The van der Waals surface area contributed by atoms with Crippen molar-refractivity contribution in [2.75, 3.05) is 6.61 Å². The number of hydrogen-bond acceptors (Lipinski definition) is 6. The molecule has 0 saturated heterocycles. The van der Waals surface area contributed by atoms with Gasteiger partial charge in [0, 0.05) is 36.0 Å². The third kappa shape index (κ3) is 5.45. The molecular weight excluding hydrogens is 491 g/mol. The summed E-state index contributed by atoms with van der Waals surface area (Å²) in [6.07, 6.45) is 0.392. The maximum Gasteiger partial charge on any atom is 0.573 e. The molecule has 0 radical (unpaired) electrons. The number of aromatic nitrogens is 2. The van der Waals surface area contributed by atoms with Crippen LogP contribution in [0.2, 0.25) is 0 Å². The zero-order valence-electron chi connectivity index (χ0n) is 19.1. The van der Waals surface area contributed by atoms with E-state index in [0.29, 0.717) is 29.0 Å². The lowest BCUT2D eigenvalue weighted by atomic mass is 9.81. The van der Waals surface area contributed by atoms with Gasteiger partial charge in [-0.25, -0.2) is 0 Å². The molecule has 0 aliphatic carbocycles. The van der Waals surface area contributed by atoms with Gasteiger partial charge >= 0.3 is 6.36 Å². The van der Waals surface area contributed by atoms with E-state index in [4.69, 9.17) is 14.6 Å². The standard InChI is InChI=1S/C25H18F3N3O3.CH2O2/c26-25(27,28)34-18-8-6-17(7-9-18)24(11-14-33-21-5-2-12-30-22(21)24)31-23(32)20-4-1-3-16-15-29-13-10-19(16)20;2-1-3/h1-10,12-13,15H,11,14H2,(H,31,32);1H,(H,2,3). The highest BCUT2D eigenvalue weighted by molar-refractivity contribution is 6.07. The van der Waals surface area contributed by atoms with E-state index < -0.39 is 11.9 Å². The number of pyridine rings is 2. The largest absolute Gasteiger partial charge is 0.573 e. The molecule has 1 unspecified atom stereocenters. The highest BCUT2D eigenvalue weighted by Gasteiger charge is 2.43. The van der Waals surface area contributed by atoms with Gasteiger partial charge in [0.2, 0.25) is 0 Å². The number of benzene rings is 2. The Morgan fingerprint density at radius 2 is 1.84 bits per heavy atom. The first-order chi connectivity index (χ1) is 17.8. The molecule has 0 spiro atoms. The quantitative estimate of drug-likeness (QED) is 0.383. The van der Waals surface area contributed by atoms with Gasteiger partial charge in [-0.05, 0) is 47.3 Å². The Balaban J connectivity index is 0.00000102. The lowest BCUT2D eigenvalue weighted by Gasteiger charge is -2.39. The molecule has 1 aliphatic heterocycles. The van der Waals surface area contributed by atoms with Gasteiger partial charge in [-0.15, -0.1) is 13.2 Å². The minimum atomic E-state index is -4.80. The van der Waals surface area contributed by atoms with Crippen molar-refractivity contribution in [3.8, 4) is 11.5 Å². The summed E-state index contributed by atoms with van der Waals surface area (Å²) in [4.78, 5) is 30.5. The molecule has 190 valence electrons. The third-order valence-corrected chi connectivity index (χ3v) is 5.74. The van der Waals surface area contributed by atoms with Crippen molar-refractivity contribution >= 4 is 23.2 Å². The van der Waals surface area contributed by atoms with E-state index in [1.807, 2.05) is 6.07 Å². The summed E-state index contributed by atoms with van der Waals surface area (Å²) in [5.74, 6) is -0.217. The molecule has 0 fully saturated rings. The topological polar surface area (TPSA) is 111 Å². The molecule has 2 N–H and O–H groups in total. The molecule has 5 rings (SSSR count). The normalized spacial score (nSPS) is 16.4. The van der Waals surface area contributed by atoms with Gasteiger partial charge in [0.1, 0.15) is 22.7 Å². The van der Waals surface area contributed by atoms with Crippen molar-refractivity contribution < 1.29 is 37.3 Å². The van der Waals surface area contributed by atoms with Crippen molar-refractivity contribution in [1.29, 1.82) is 0 Å². The molecule has 0 bridgehead atoms. The minimum Gasteiger partial charge on any atom is -0.491 e. The van der Waals surface area contributed by atoms with Crippen molar-refractivity contribution in [3.63, 3.8) is 0 Å². The van der Waals surface area contributed by atoms with Crippen LogP contribution in [0.3, 0.4) is 0 Å². The van der Waals surface area contributed by atoms with Gasteiger partial charge in [0.15, 0.2) is 0 Å². The molecule has 2 aromatic carbocycles. The monoisotopic (exact) mass is 511 g/mol. The van der Waals surface area contributed by atoms with Gasteiger partial charge in [0.25, 0.3) is 12.4 Å². The number of carbonyl (C=O) groups is 2. The molecule has 1 amide bonds. The lowest BCUT2D eigenvalue weighted by Crippen LogP contribution is -2.50. The van der Waals surface area contributed by atoms with Gasteiger partial charge in [-0.3, -0.25) is 19.6 Å². The Hall–Kier alpha value is -4.67. The van der Waals surface area contributed by atoms with Gasteiger partial charge < -0.3 is 19.9 Å². The summed E-state index contributed by atoms with van der Waals surface area (Å²) in [6, 6.07) is 16.0. The summed E-state index contributed by atoms with van der Waals surface area (Å²) in [5, 5.41) is 11.5. The summed E-state index contributed by atoms with van der Waals surface area (Å²) < 4.78 is 47.7. The third-order valence-electron chi connectivity index (χ3n) is 5.74. The molecule has 2 aromatic heterocycles. The van der Waals surface area contributed by atoms with Crippen LogP contribution in [-0.2, 0) is 10.3 Å². The Morgan fingerprint density at radius 3 is 2.57 bits per heavy atom. The van der Waals surface area contributed by atoms with Crippen molar-refractivity contribution in [2.24, 2.45) is 0 Å². The summed E-state index contributed by atoms with van der Waals surface area (Å²) >= 11 is 0. The number of rotatable bonds is 4. The van der Waals surface area contributed by atoms with E-state index in [9.17, 15) is 18.0 Å². The molecule has 1 atom stereocenters.